The number of carbonyl (C=O) groups excluding carboxylic acids is 3. The molecule has 59 heavy (non-hydrogen) atoms. The van der Waals surface area contributed by atoms with E-state index >= 15 is 0 Å². The standard InChI is InChI=1S/C39H57N2O16PS/c1-8-50-36(43)26(5)56-58(46,57-27(6)37(44)51-9-2)24-54-30-12-10-28(11-13-30)20-33(40-39(45)55-35-23-53-38-32(35)18-19-52-38)34(42)22-41(21-25(3)4)59(47,48)31-16-14-29(49-7)15-17-31/h10-17,25-27,32-35,38,42H,8-9,18-24H2,1-7H3,(H,40,45)/t26-,27-,32-,33-,34+,35-,38+/m0/s1. The number of ether oxygens (including phenoxy) is 7. The molecule has 0 aliphatic carbocycles. The van der Waals surface area contributed by atoms with Crippen LogP contribution in [-0.4, -0.2) is 126 Å². The zero-order valence-corrected chi connectivity index (χ0v) is 36.2. The molecule has 330 valence electrons. The Hall–Kier alpha value is -3.81. The maximum Gasteiger partial charge on any atom is 0.407 e. The van der Waals surface area contributed by atoms with Crippen LogP contribution in [0.2, 0.25) is 0 Å². The highest BCUT2D eigenvalue weighted by molar-refractivity contribution is 7.89. The SMILES string of the molecule is CCOC(=O)[C@H](C)OP(=O)(COc1ccc(C[C@H](NC(=O)O[C@H]2CO[C@H]3OCC[C@H]32)[C@H](O)CN(CC(C)C)S(=O)(=O)c2ccc(OC)cc2)cc1)O[C@@H](C)C(=O)OCC. The van der Waals surface area contributed by atoms with Gasteiger partial charge in [0.05, 0.1) is 56.5 Å². The van der Waals surface area contributed by atoms with Crippen molar-refractivity contribution in [2.75, 3.05) is 53.0 Å². The summed E-state index contributed by atoms with van der Waals surface area (Å²) in [4.78, 5) is 37.9. The highest BCUT2D eigenvalue weighted by Gasteiger charge is 2.44. The number of fused-ring (bicyclic) bond motifs is 1. The van der Waals surface area contributed by atoms with E-state index in [2.05, 4.69) is 5.32 Å². The second-order valence-electron chi connectivity index (χ2n) is 14.4. The predicted octanol–water partition coefficient (Wildman–Crippen LogP) is 4.27. The Kier molecular flexibility index (Phi) is 18.0. The zero-order chi connectivity index (χ0) is 43.3. The van der Waals surface area contributed by atoms with Gasteiger partial charge in [0.25, 0.3) is 0 Å². The molecule has 0 radical (unpaired) electrons. The third-order valence-corrected chi connectivity index (χ3v) is 12.9. The number of rotatable bonds is 23. The van der Waals surface area contributed by atoms with Gasteiger partial charge in [-0.3, -0.25) is 13.6 Å². The van der Waals surface area contributed by atoms with Gasteiger partial charge in [0.1, 0.15) is 17.6 Å². The topological polar surface area (TPSA) is 221 Å². The fourth-order valence-electron chi connectivity index (χ4n) is 6.37. The highest BCUT2D eigenvalue weighted by atomic mass is 32.2. The lowest BCUT2D eigenvalue weighted by molar-refractivity contribution is -0.152. The molecule has 20 heteroatoms. The fraction of sp³-hybridized carbons (Fsp3) is 0.615. The number of carbonyl (C=O) groups is 3. The van der Waals surface area contributed by atoms with Crippen molar-refractivity contribution in [3.63, 3.8) is 0 Å². The van der Waals surface area contributed by atoms with E-state index in [0.29, 0.717) is 24.3 Å². The number of sulfonamides is 1. The number of hydrogen-bond acceptors (Lipinski definition) is 16. The molecule has 18 nitrogen and oxygen atoms in total. The summed E-state index contributed by atoms with van der Waals surface area (Å²) in [5, 5.41) is 14.5. The minimum Gasteiger partial charge on any atom is -0.497 e. The summed E-state index contributed by atoms with van der Waals surface area (Å²) in [5.74, 6) is -1.17. The van der Waals surface area contributed by atoms with E-state index in [-0.39, 0.29) is 61.8 Å². The Morgan fingerprint density at radius 1 is 0.898 bits per heavy atom. The molecular weight excluding hydrogens is 815 g/mol. The van der Waals surface area contributed by atoms with Crippen molar-refractivity contribution in [1.29, 1.82) is 0 Å². The van der Waals surface area contributed by atoms with Gasteiger partial charge in [-0.2, -0.15) is 4.31 Å². The summed E-state index contributed by atoms with van der Waals surface area (Å²) >= 11 is 0. The maximum absolute atomic E-state index is 13.9. The second-order valence-corrected chi connectivity index (χ2v) is 18.2. The molecule has 0 aromatic heterocycles. The number of hydrogen-bond donors (Lipinski definition) is 2. The quantitative estimate of drug-likeness (QED) is 0.0905. The molecule has 2 heterocycles. The molecule has 1 amide bonds. The van der Waals surface area contributed by atoms with E-state index in [0.717, 1.165) is 0 Å². The minimum absolute atomic E-state index is 0.00581. The van der Waals surface area contributed by atoms with Gasteiger partial charge >= 0.3 is 25.6 Å². The summed E-state index contributed by atoms with van der Waals surface area (Å²) in [7, 11) is -6.93. The van der Waals surface area contributed by atoms with Crippen LogP contribution < -0.4 is 14.8 Å². The molecule has 2 aliphatic rings. The van der Waals surface area contributed by atoms with Crippen LogP contribution in [0.15, 0.2) is 53.4 Å². The van der Waals surface area contributed by atoms with Crippen molar-refractivity contribution < 1.29 is 74.7 Å². The van der Waals surface area contributed by atoms with E-state index < -0.39 is 78.7 Å². The Morgan fingerprint density at radius 2 is 1.49 bits per heavy atom. The van der Waals surface area contributed by atoms with E-state index in [4.69, 9.17) is 42.2 Å². The average Bonchev–Trinajstić information content (AvgIpc) is 3.82. The molecule has 0 spiro atoms. The van der Waals surface area contributed by atoms with Crippen molar-refractivity contribution in [2.24, 2.45) is 11.8 Å². The first-order chi connectivity index (χ1) is 28.0. The van der Waals surface area contributed by atoms with Crippen LogP contribution in [0.1, 0.15) is 53.5 Å². The number of nitrogens with zero attached hydrogens (tertiary/aromatic N) is 1. The molecule has 2 fully saturated rings. The van der Waals surface area contributed by atoms with Gasteiger partial charge in [-0.15, -0.1) is 0 Å². The minimum atomic E-state index is -4.29. The lowest BCUT2D eigenvalue weighted by Crippen LogP contribution is -2.51. The third-order valence-electron chi connectivity index (χ3n) is 9.31. The Balaban J connectivity index is 1.53. The van der Waals surface area contributed by atoms with Crippen molar-refractivity contribution in [3.8, 4) is 11.5 Å². The number of aliphatic hydroxyl groups excluding tert-OH is 1. The smallest absolute Gasteiger partial charge is 0.407 e. The lowest BCUT2D eigenvalue weighted by atomic mass is 10.0. The highest BCUT2D eigenvalue weighted by Crippen LogP contribution is 2.51. The molecule has 0 unspecified atom stereocenters. The normalized spacial score (nSPS) is 20.0. The van der Waals surface area contributed by atoms with Crippen molar-refractivity contribution >= 4 is 35.7 Å². The summed E-state index contributed by atoms with van der Waals surface area (Å²) in [6.45, 7) is 9.98. The predicted molar refractivity (Wildman–Crippen MR) is 211 cm³/mol. The first-order valence-electron chi connectivity index (χ1n) is 19.5. The van der Waals surface area contributed by atoms with Gasteiger partial charge in [-0.05, 0) is 88.4 Å². The van der Waals surface area contributed by atoms with Gasteiger partial charge in [0.15, 0.2) is 24.8 Å². The molecule has 0 bridgehead atoms. The molecule has 4 rings (SSSR count). The van der Waals surface area contributed by atoms with Crippen LogP contribution in [-0.2, 0) is 63.3 Å². The summed E-state index contributed by atoms with van der Waals surface area (Å²) in [6.07, 6.45) is -5.94. The first-order valence-corrected chi connectivity index (χ1v) is 22.7. The molecule has 2 N–H and O–H groups in total. The summed E-state index contributed by atoms with van der Waals surface area (Å²) in [6, 6.07) is 11.2. The molecular formula is C39H57N2O16PS. The van der Waals surface area contributed by atoms with E-state index in [1.165, 1.54) is 61.7 Å². The number of methoxy groups -OCH3 is 1. The Morgan fingerprint density at radius 3 is 2.05 bits per heavy atom. The van der Waals surface area contributed by atoms with E-state index in [9.17, 15) is 32.5 Å². The third kappa shape index (κ3) is 13.9. The van der Waals surface area contributed by atoms with Crippen molar-refractivity contribution in [3.05, 3.63) is 54.1 Å². The number of amides is 1. The number of esters is 2. The average molecular weight is 873 g/mol. The van der Waals surface area contributed by atoms with Gasteiger partial charge in [0.2, 0.25) is 10.0 Å². The van der Waals surface area contributed by atoms with Gasteiger partial charge in [-0.1, -0.05) is 26.0 Å². The number of benzene rings is 2. The zero-order valence-electron chi connectivity index (χ0n) is 34.5. The molecule has 2 saturated heterocycles. The number of nitrogens with one attached hydrogen (secondary N) is 1. The van der Waals surface area contributed by atoms with Crippen LogP contribution in [0.25, 0.3) is 0 Å². The van der Waals surface area contributed by atoms with Crippen LogP contribution in [0.3, 0.4) is 0 Å². The molecule has 7 atom stereocenters. The lowest BCUT2D eigenvalue weighted by Gasteiger charge is -2.31. The van der Waals surface area contributed by atoms with Crippen molar-refractivity contribution in [1.82, 2.24) is 9.62 Å². The molecule has 2 aromatic carbocycles. The summed E-state index contributed by atoms with van der Waals surface area (Å²) in [5.41, 5.74) is 0.589. The second kappa shape index (κ2) is 22.2. The van der Waals surface area contributed by atoms with Crippen LogP contribution in [0, 0.1) is 11.8 Å². The Bertz CT molecular complexity index is 1800. The fourth-order valence-corrected chi connectivity index (χ4v) is 9.60. The van der Waals surface area contributed by atoms with Crippen LogP contribution in [0.4, 0.5) is 4.79 Å². The first kappa shape index (κ1) is 47.9. The molecule has 2 aliphatic heterocycles. The van der Waals surface area contributed by atoms with E-state index in [1.54, 1.807) is 26.0 Å². The Labute approximate surface area is 345 Å². The van der Waals surface area contributed by atoms with Gasteiger partial charge < -0.3 is 43.6 Å². The molecule has 2 aromatic rings. The number of aliphatic hydroxyl groups is 1. The largest absolute Gasteiger partial charge is 0.497 e. The summed E-state index contributed by atoms with van der Waals surface area (Å²) < 4.78 is 91.5. The van der Waals surface area contributed by atoms with Gasteiger partial charge in [0, 0.05) is 13.1 Å². The maximum atomic E-state index is 13.9. The van der Waals surface area contributed by atoms with Gasteiger partial charge in [-0.25, -0.2) is 22.8 Å². The van der Waals surface area contributed by atoms with E-state index in [1.807, 2.05) is 13.8 Å². The number of alkyl carbamates (subject to hydrolysis) is 1. The van der Waals surface area contributed by atoms with Crippen LogP contribution >= 0.6 is 7.60 Å². The van der Waals surface area contributed by atoms with Crippen LogP contribution in [0.5, 0.6) is 11.5 Å². The monoisotopic (exact) mass is 872 g/mol. The van der Waals surface area contributed by atoms with Crippen molar-refractivity contribution in [2.45, 2.75) is 96.0 Å². The molecule has 0 saturated carbocycles.